The van der Waals surface area contributed by atoms with Gasteiger partial charge in [0.05, 0.1) is 4.90 Å². The lowest BCUT2D eigenvalue weighted by molar-refractivity contribution is 0.521. The molecule has 0 atom stereocenters. The SMILES string of the molecule is Cc1ccc(S(=O)(=O)N(C)C)cc1NC(=S)NCc1ccccc1. The van der Waals surface area contributed by atoms with Crippen LogP contribution in [0.15, 0.2) is 53.4 Å². The van der Waals surface area contributed by atoms with Gasteiger partial charge in [-0.15, -0.1) is 0 Å². The minimum atomic E-state index is -3.48. The number of benzene rings is 2. The maximum atomic E-state index is 12.2. The fraction of sp³-hybridized carbons (Fsp3) is 0.235. The van der Waals surface area contributed by atoms with Crippen molar-refractivity contribution in [3.05, 3.63) is 59.7 Å². The summed E-state index contributed by atoms with van der Waals surface area (Å²) in [5, 5.41) is 6.63. The van der Waals surface area contributed by atoms with E-state index in [4.69, 9.17) is 12.2 Å². The molecule has 0 heterocycles. The van der Waals surface area contributed by atoms with Crippen molar-refractivity contribution in [3.8, 4) is 0 Å². The number of nitrogens with one attached hydrogen (secondary N) is 2. The summed E-state index contributed by atoms with van der Waals surface area (Å²) in [5.41, 5.74) is 2.70. The van der Waals surface area contributed by atoms with Gasteiger partial charge in [-0.05, 0) is 42.4 Å². The van der Waals surface area contributed by atoms with Gasteiger partial charge < -0.3 is 10.6 Å². The molecule has 0 aliphatic carbocycles. The number of thiocarbonyl (C=S) groups is 1. The maximum Gasteiger partial charge on any atom is 0.242 e. The molecule has 0 saturated carbocycles. The highest BCUT2D eigenvalue weighted by Gasteiger charge is 2.18. The molecule has 128 valence electrons. The zero-order valence-corrected chi connectivity index (χ0v) is 15.5. The van der Waals surface area contributed by atoms with E-state index in [1.807, 2.05) is 37.3 Å². The molecule has 0 bridgehead atoms. The van der Waals surface area contributed by atoms with Gasteiger partial charge in [0.1, 0.15) is 0 Å². The van der Waals surface area contributed by atoms with Crippen LogP contribution < -0.4 is 10.6 Å². The van der Waals surface area contributed by atoms with Gasteiger partial charge in [0.15, 0.2) is 5.11 Å². The summed E-state index contributed by atoms with van der Waals surface area (Å²) in [6, 6.07) is 14.9. The van der Waals surface area contributed by atoms with E-state index in [9.17, 15) is 8.42 Å². The summed E-state index contributed by atoms with van der Waals surface area (Å²) < 4.78 is 25.7. The lowest BCUT2D eigenvalue weighted by Crippen LogP contribution is -2.28. The Labute approximate surface area is 148 Å². The molecule has 5 nitrogen and oxygen atoms in total. The van der Waals surface area contributed by atoms with Crippen LogP contribution in [0.3, 0.4) is 0 Å². The molecule has 0 spiro atoms. The van der Waals surface area contributed by atoms with Gasteiger partial charge in [-0.25, -0.2) is 12.7 Å². The second-order valence-electron chi connectivity index (χ2n) is 5.56. The van der Waals surface area contributed by atoms with E-state index < -0.39 is 10.0 Å². The third-order valence-corrected chi connectivity index (χ3v) is 5.59. The lowest BCUT2D eigenvalue weighted by atomic mass is 10.2. The number of hydrogen-bond donors (Lipinski definition) is 2. The van der Waals surface area contributed by atoms with Crippen LogP contribution in [0.25, 0.3) is 0 Å². The minimum absolute atomic E-state index is 0.228. The molecule has 2 aromatic rings. The van der Waals surface area contributed by atoms with Gasteiger partial charge in [-0.2, -0.15) is 0 Å². The van der Waals surface area contributed by atoms with Gasteiger partial charge in [0, 0.05) is 26.3 Å². The van der Waals surface area contributed by atoms with E-state index in [1.54, 1.807) is 18.2 Å². The highest BCUT2D eigenvalue weighted by molar-refractivity contribution is 7.89. The van der Waals surface area contributed by atoms with Crippen molar-refractivity contribution < 1.29 is 8.42 Å². The number of anilines is 1. The monoisotopic (exact) mass is 363 g/mol. The van der Waals surface area contributed by atoms with Crippen LogP contribution >= 0.6 is 12.2 Å². The predicted octanol–water partition coefficient (Wildman–Crippen LogP) is 2.73. The lowest BCUT2D eigenvalue weighted by Gasteiger charge is -2.16. The fourth-order valence-electron chi connectivity index (χ4n) is 2.05. The van der Waals surface area contributed by atoms with Gasteiger partial charge in [0.25, 0.3) is 0 Å². The van der Waals surface area contributed by atoms with Gasteiger partial charge in [0.2, 0.25) is 10.0 Å². The van der Waals surface area contributed by atoms with Crippen molar-refractivity contribution >= 4 is 33.0 Å². The third-order valence-electron chi connectivity index (χ3n) is 3.53. The van der Waals surface area contributed by atoms with Crippen LogP contribution in [0.5, 0.6) is 0 Å². The molecule has 0 saturated heterocycles. The number of hydrogen-bond acceptors (Lipinski definition) is 3. The number of aryl methyl sites for hydroxylation is 1. The molecule has 2 N–H and O–H groups in total. The highest BCUT2D eigenvalue weighted by Crippen LogP contribution is 2.22. The molecule has 0 aromatic heterocycles. The Hall–Kier alpha value is -1.96. The summed E-state index contributed by atoms with van der Waals surface area (Å²) >= 11 is 5.30. The largest absolute Gasteiger partial charge is 0.358 e. The summed E-state index contributed by atoms with van der Waals surface area (Å²) in [4.78, 5) is 0.228. The number of rotatable bonds is 5. The van der Waals surface area contributed by atoms with Gasteiger partial charge >= 0.3 is 0 Å². The average Bonchev–Trinajstić information content (AvgIpc) is 2.55. The van der Waals surface area contributed by atoms with E-state index in [-0.39, 0.29) is 4.90 Å². The molecule has 7 heteroatoms. The van der Waals surface area contributed by atoms with Crippen molar-refractivity contribution in [2.24, 2.45) is 0 Å². The summed E-state index contributed by atoms with van der Waals surface area (Å²) in [6.45, 7) is 2.50. The summed E-state index contributed by atoms with van der Waals surface area (Å²) in [6.07, 6.45) is 0. The average molecular weight is 364 g/mol. The van der Waals surface area contributed by atoms with Crippen LogP contribution in [-0.4, -0.2) is 31.9 Å². The molecule has 2 rings (SSSR count). The Morgan fingerprint density at radius 2 is 1.79 bits per heavy atom. The Morgan fingerprint density at radius 1 is 1.12 bits per heavy atom. The maximum absolute atomic E-state index is 12.2. The van der Waals surface area contributed by atoms with Gasteiger partial charge in [-0.3, -0.25) is 0 Å². The second-order valence-corrected chi connectivity index (χ2v) is 8.12. The van der Waals surface area contributed by atoms with Crippen LogP contribution in [0.4, 0.5) is 5.69 Å². The van der Waals surface area contributed by atoms with E-state index in [2.05, 4.69) is 10.6 Å². The first-order chi connectivity index (χ1) is 11.3. The van der Waals surface area contributed by atoms with Crippen molar-refractivity contribution in [2.45, 2.75) is 18.4 Å². The topological polar surface area (TPSA) is 61.4 Å². The summed E-state index contributed by atoms with van der Waals surface area (Å²) in [7, 11) is -0.461. The predicted molar refractivity (Wildman–Crippen MR) is 102 cm³/mol. The molecular weight excluding hydrogens is 342 g/mol. The number of sulfonamides is 1. The smallest absolute Gasteiger partial charge is 0.242 e. The molecule has 0 aliphatic rings. The van der Waals surface area contributed by atoms with E-state index in [0.29, 0.717) is 17.3 Å². The molecule has 2 aromatic carbocycles. The van der Waals surface area contributed by atoms with Crippen LogP contribution in [-0.2, 0) is 16.6 Å². The fourth-order valence-corrected chi connectivity index (χ4v) is 3.16. The Balaban J connectivity index is 2.10. The van der Waals surface area contributed by atoms with E-state index in [1.165, 1.54) is 18.4 Å². The first kappa shape index (κ1) is 18.4. The van der Waals surface area contributed by atoms with E-state index in [0.717, 1.165) is 11.1 Å². The minimum Gasteiger partial charge on any atom is -0.358 e. The van der Waals surface area contributed by atoms with Gasteiger partial charge in [-0.1, -0.05) is 36.4 Å². The number of nitrogens with zero attached hydrogens (tertiary/aromatic N) is 1. The molecule has 0 unspecified atom stereocenters. The normalized spacial score (nSPS) is 11.3. The zero-order chi connectivity index (χ0) is 17.7. The summed E-state index contributed by atoms with van der Waals surface area (Å²) in [5.74, 6) is 0. The van der Waals surface area contributed by atoms with Crippen LogP contribution in [0, 0.1) is 6.92 Å². The first-order valence-corrected chi connectivity index (χ1v) is 9.27. The molecule has 24 heavy (non-hydrogen) atoms. The van der Waals surface area contributed by atoms with E-state index >= 15 is 0 Å². The highest BCUT2D eigenvalue weighted by atomic mass is 32.2. The zero-order valence-electron chi connectivity index (χ0n) is 13.9. The molecule has 0 amide bonds. The molecule has 0 aliphatic heterocycles. The van der Waals surface area contributed by atoms with Crippen molar-refractivity contribution in [1.29, 1.82) is 0 Å². The quantitative estimate of drug-likeness (QED) is 0.800. The van der Waals surface area contributed by atoms with Crippen molar-refractivity contribution in [1.82, 2.24) is 9.62 Å². The van der Waals surface area contributed by atoms with Crippen LogP contribution in [0.2, 0.25) is 0 Å². The third kappa shape index (κ3) is 4.53. The Kier molecular flexibility index (Phi) is 5.93. The molecular formula is C17H21N3O2S2. The van der Waals surface area contributed by atoms with Crippen molar-refractivity contribution in [3.63, 3.8) is 0 Å². The first-order valence-electron chi connectivity index (χ1n) is 7.42. The van der Waals surface area contributed by atoms with Crippen molar-refractivity contribution in [2.75, 3.05) is 19.4 Å². The standard InChI is InChI=1S/C17H21N3O2S2/c1-13-9-10-15(24(21,22)20(2)3)11-16(13)19-17(23)18-12-14-7-5-4-6-8-14/h4-11H,12H2,1-3H3,(H2,18,19,23). The molecule has 0 radical (unpaired) electrons. The Morgan fingerprint density at radius 3 is 2.42 bits per heavy atom. The second kappa shape index (κ2) is 7.74. The molecule has 0 fully saturated rings. The Bertz CT molecular complexity index is 819. The van der Waals surface area contributed by atoms with Crippen LogP contribution in [0.1, 0.15) is 11.1 Å².